The first kappa shape index (κ1) is 32.9. The standard InChI is InChI=1S/C32H33N7O7S/c1-19-22(8-6-10-25(19)39(42)43)31(41)33-17-28-34-35-32(37(28)2)47-18-29(40)38-26(23-9-7-11-27(45-4)30(23)46-5)16-24(36-38)20-12-14-21(44-3)15-13-20/h6-15,26H,16-18H2,1-5H3,(H,33,41)/t26-/m0/s1. The zero-order valence-corrected chi connectivity index (χ0v) is 27.2. The van der Waals surface area contributed by atoms with Crippen LogP contribution in [-0.4, -0.2) is 69.3 Å². The molecule has 0 unspecified atom stereocenters. The number of carbonyl (C=O) groups is 2. The van der Waals surface area contributed by atoms with E-state index in [2.05, 4.69) is 15.5 Å². The SMILES string of the molecule is COc1ccc(C2=NN(C(=O)CSc3nnc(CNC(=O)c4cccc([N+](=O)[O-])c4C)n3C)[C@H](c3cccc(OC)c3OC)C2)cc1. The Morgan fingerprint density at radius 2 is 1.77 bits per heavy atom. The molecule has 1 aliphatic rings. The topological polar surface area (TPSA) is 163 Å². The summed E-state index contributed by atoms with van der Waals surface area (Å²) >= 11 is 1.19. The third-order valence-electron chi connectivity index (χ3n) is 7.78. The van der Waals surface area contributed by atoms with Crippen molar-refractivity contribution in [3.05, 3.63) is 98.9 Å². The quantitative estimate of drug-likeness (QED) is 0.131. The Kier molecular flexibility index (Phi) is 10.0. The van der Waals surface area contributed by atoms with Crippen LogP contribution < -0.4 is 19.5 Å². The van der Waals surface area contributed by atoms with E-state index in [4.69, 9.17) is 19.3 Å². The molecule has 15 heteroatoms. The van der Waals surface area contributed by atoms with Gasteiger partial charge in [-0.3, -0.25) is 19.7 Å². The van der Waals surface area contributed by atoms with E-state index in [1.54, 1.807) is 39.0 Å². The fourth-order valence-electron chi connectivity index (χ4n) is 5.25. The van der Waals surface area contributed by atoms with Gasteiger partial charge in [0.2, 0.25) is 0 Å². The second-order valence-electron chi connectivity index (χ2n) is 10.5. The van der Waals surface area contributed by atoms with E-state index in [-0.39, 0.29) is 35.0 Å². The van der Waals surface area contributed by atoms with Crippen LogP contribution in [0.25, 0.3) is 0 Å². The van der Waals surface area contributed by atoms with Crippen LogP contribution in [0.5, 0.6) is 17.2 Å². The second-order valence-corrected chi connectivity index (χ2v) is 11.4. The molecule has 0 saturated carbocycles. The molecule has 4 aromatic rings. The minimum absolute atomic E-state index is 0.00733. The van der Waals surface area contributed by atoms with Crippen molar-refractivity contribution in [1.29, 1.82) is 0 Å². The van der Waals surface area contributed by atoms with Crippen molar-refractivity contribution in [3.63, 3.8) is 0 Å². The summed E-state index contributed by atoms with van der Waals surface area (Å²) in [4.78, 5) is 37.3. The fourth-order valence-corrected chi connectivity index (χ4v) is 6.04. The first-order valence-corrected chi connectivity index (χ1v) is 15.4. The van der Waals surface area contributed by atoms with Gasteiger partial charge in [-0.05, 0) is 48.9 Å². The second kappa shape index (κ2) is 14.3. The lowest BCUT2D eigenvalue weighted by atomic mass is 9.97. The Morgan fingerprint density at radius 1 is 1.02 bits per heavy atom. The maximum absolute atomic E-state index is 13.8. The molecule has 0 aliphatic carbocycles. The van der Waals surface area contributed by atoms with Gasteiger partial charge in [0.15, 0.2) is 22.5 Å². The van der Waals surface area contributed by atoms with Gasteiger partial charge in [-0.15, -0.1) is 10.2 Å². The first-order chi connectivity index (χ1) is 22.7. The maximum atomic E-state index is 13.8. The van der Waals surface area contributed by atoms with Gasteiger partial charge in [0, 0.05) is 36.2 Å². The molecule has 1 N–H and O–H groups in total. The highest BCUT2D eigenvalue weighted by Gasteiger charge is 2.36. The van der Waals surface area contributed by atoms with Crippen LogP contribution >= 0.6 is 11.8 Å². The van der Waals surface area contributed by atoms with E-state index >= 15 is 0 Å². The third-order valence-corrected chi connectivity index (χ3v) is 8.79. The number of methoxy groups -OCH3 is 3. The molecule has 0 bridgehead atoms. The summed E-state index contributed by atoms with van der Waals surface area (Å²) in [6, 6.07) is 16.9. The number of hydrogen-bond acceptors (Lipinski definition) is 11. The molecule has 14 nitrogen and oxygen atoms in total. The Morgan fingerprint density at radius 3 is 2.45 bits per heavy atom. The Bertz CT molecular complexity index is 1840. The van der Waals surface area contributed by atoms with Crippen LogP contribution in [-0.2, 0) is 18.4 Å². The normalized spacial score (nSPS) is 14.0. The number of nitrogens with zero attached hydrogens (tertiary/aromatic N) is 6. The highest BCUT2D eigenvalue weighted by Crippen LogP contribution is 2.42. The number of rotatable bonds is 12. The van der Waals surface area contributed by atoms with Gasteiger partial charge in [0.1, 0.15) is 5.75 Å². The van der Waals surface area contributed by atoms with E-state index < -0.39 is 16.9 Å². The molecule has 0 radical (unpaired) electrons. The monoisotopic (exact) mass is 659 g/mol. The van der Waals surface area contributed by atoms with Crippen LogP contribution in [0.2, 0.25) is 0 Å². The van der Waals surface area contributed by atoms with Gasteiger partial charge >= 0.3 is 0 Å². The van der Waals surface area contributed by atoms with Crippen LogP contribution in [0, 0.1) is 17.0 Å². The summed E-state index contributed by atoms with van der Waals surface area (Å²) in [5.74, 6) is 1.50. The molecule has 1 atom stereocenters. The Labute approximate surface area is 274 Å². The van der Waals surface area contributed by atoms with Crippen molar-refractivity contribution in [2.45, 2.75) is 31.1 Å². The molecule has 5 rings (SSSR count). The van der Waals surface area contributed by atoms with Gasteiger partial charge in [-0.25, -0.2) is 5.01 Å². The van der Waals surface area contributed by atoms with Crippen LogP contribution in [0.3, 0.4) is 0 Å². The summed E-state index contributed by atoms with van der Waals surface area (Å²) in [6.45, 7) is 1.55. The van der Waals surface area contributed by atoms with Gasteiger partial charge in [0.05, 0.1) is 50.3 Å². The third kappa shape index (κ3) is 6.89. The molecule has 47 heavy (non-hydrogen) atoms. The van der Waals surface area contributed by atoms with E-state index in [1.807, 2.05) is 36.4 Å². The van der Waals surface area contributed by atoms with E-state index in [0.29, 0.717) is 34.7 Å². The molecule has 0 fully saturated rings. The predicted octanol–water partition coefficient (Wildman–Crippen LogP) is 4.46. The molecule has 1 aromatic heterocycles. The number of benzene rings is 3. The summed E-state index contributed by atoms with van der Waals surface area (Å²) in [7, 11) is 6.45. The van der Waals surface area contributed by atoms with Crippen LogP contribution in [0.1, 0.15) is 45.3 Å². The number of aromatic nitrogens is 3. The molecule has 0 saturated heterocycles. The zero-order chi connectivity index (χ0) is 33.7. The summed E-state index contributed by atoms with van der Waals surface area (Å²) in [5, 5.41) is 29.1. The van der Waals surface area contributed by atoms with Crippen molar-refractivity contribution in [1.82, 2.24) is 25.1 Å². The lowest BCUT2D eigenvalue weighted by Gasteiger charge is -2.24. The summed E-state index contributed by atoms with van der Waals surface area (Å²) in [6.07, 6.45) is 0.449. The highest BCUT2D eigenvalue weighted by molar-refractivity contribution is 7.99. The number of para-hydroxylation sites is 1. The molecule has 2 amide bonds. The number of nitro groups is 1. The van der Waals surface area contributed by atoms with Crippen LogP contribution in [0.15, 0.2) is 70.9 Å². The van der Waals surface area contributed by atoms with Crippen molar-refractivity contribution in [2.75, 3.05) is 27.1 Å². The number of hydrogen-bond donors (Lipinski definition) is 1. The average Bonchev–Trinajstić information content (AvgIpc) is 3.69. The van der Waals surface area contributed by atoms with Gasteiger partial charge in [0.25, 0.3) is 17.5 Å². The fraction of sp³-hybridized carbons (Fsp3) is 0.281. The van der Waals surface area contributed by atoms with E-state index in [0.717, 1.165) is 16.8 Å². The lowest BCUT2D eigenvalue weighted by molar-refractivity contribution is -0.385. The number of ether oxygens (including phenoxy) is 3. The molecular weight excluding hydrogens is 626 g/mol. The molecular formula is C32H33N7O7S. The van der Waals surface area contributed by atoms with Crippen LogP contribution in [0.4, 0.5) is 5.69 Å². The highest BCUT2D eigenvalue weighted by atomic mass is 32.2. The van der Waals surface area contributed by atoms with Crippen molar-refractivity contribution in [2.24, 2.45) is 12.1 Å². The predicted molar refractivity (Wildman–Crippen MR) is 174 cm³/mol. The first-order valence-electron chi connectivity index (χ1n) is 14.4. The maximum Gasteiger partial charge on any atom is 0.273 e. The Balaban J connectivity index is 1.32. The van der Waals surface area contributed by atoms with Gasteiger partial charge in [-0.2, -0.15) is 5.10 Å². The van der Waals surface area contributed by atoms with Crippen molar-refractivity contribution >= 4 is 35.0 Å². The van der Waals surface area contributed by atoms with Crippen molar-refractivity contribution < 1.29 is 28.7 Å². The van der Waals surface area contributed by atoms with E-state index in [1.165, 1.54) is 41.9 Å². The zero-order valence-electron chi connectivity index (χ0n) is 26.4. The summed E-state index contributed by atoms with van der Waals surface area (Å²) < 4.78 is 18.2. The smallest absolute Gasteiger partial charge is 0.273 e. The lowest BCUT2D eigenvalue weighted by Crippen LogP contribution is -2.29. The minimum atomic E-state index is -0.525. The largest absolute Gasteiger partial charge is 0.497 e. The average molecular weight is 660 g/mol. The molecule has 1 aliphatic heterocycles. The van der Waals surface area contributed by atoms with Crippen molar-refractivity contribution in [3.8, 4) is 17.2 Å². The molecule has 3 aromatic carbocycles. The van der Waals surface area contributed by atoms with Gasteiger partial charge in [-0.1, -0.05) is 30.0 Å². The number of carbonyl (C=O) groups excluding carboxylic acids is 2. The van der Waals surface area contributed by atoms with Gasteiger partial charge < -0.3 is 24.1 Å². The number of amides is 2. The Hall–Kier alpha value is -5.44. The number of nitro benzene ring substituents is 1. The number of nitrogens with one attached hydrogen (secondary N) is 1. The number of thioether (sulfide) groups is 1. The molecule has 2 heterocycles. The minimum Gasteiger partial charge on any atom is -0.497 e. The van der Waals surface area contributed by atoms with E-state index in [9.17, 15) is 19.7 Å². The molecule has 0 spiro atoms. The molecule has 244 valence electrons. The number of hydrazone groups is 1. The summed E-state index contributed by atoms with van der Waals surface area (Å²) in [5.41, 5.74) is 2.69.